The number of nitrogens with one attached hydrogen (secondary N) is 2. The van der Waals surface area contributed by atoms with Gasteiger partial charge >= 0.3 is 0 Å². The average molecular weight is 260 g/mol. The van der Waals surface area contributed by atoms with Crippen molar-refractivity contribution in [3.63, 3.8) is 0 Å². The molecule has 0 fully saturated rings. The number of hydrogen-bond acceptors (Lipinski definition) is 5. The molecule has 0 amide bonds. The molecule has 102 valence electrons. The highest BCUT2D eigenvalue weighted by atomic mass is 16.5. The molecule has 0 aromatic carbocycles. The summed E-state index contributed by atoms with van der Waals surface area (Å²) in [5.74, 6) is 2.59. The number of aryl methyl sites for hydroxylation is 2. The minimum absolute atomic E-state index is 0.672. The number of rotatable bonds is 6. The molecule has 0 aliphatic heterocycles. The van der Waals surface area contributed by atoms with Crippen LogP contribution in [0.4, 0.5) is 11.6 Å². The first-order chi connectivity index (χ1) is 9.20. The Balaban J connectivity index is 1.99. The molecule has 0 aliphatic carbocycles. The molecule has 0 spiro atoms. The van der Waals surface area contributed by atoms with Crippen LogP contribution in [0.15, 0.2) is 22.7 Å². The normalized spacial score (nSPS) is 10.5. The Hall–Kier alpha value is -2.04. The zero-order valence-electron chi connectivity index (χ0n) is 11.7. The van der Waals surface area contributed by atoms with E-state index in [4.69, 9.17) is 4.52 Å². The van der Waals surface area contributed by atoms with Gasteiger partial charge in [-0.15, -0.1) is 0 Å². The van der Waals surface area contributed by atoms with Crippen LogP contribution in [0.2, 0.25) is 0 Å². The smallest absolute Gasteiger partial charge is 0.138 e. The van der Waals surface area contributed by atoms with Gasteiger partial charge in [-0.2, -0.15) is 0 Å². The lowest BCUT2D eigenvalue weighted by atomic mass is 10.2. The maximum atomic E-state index is 5.14. The molecule has 2 aromatic heterocycles. The van der Waals surface area contributed by atoms with Gasteiger partial charge in [0.25, 0.3) is 0 Å². The van der Waals surface area contributed by atoms with Crippen LogP contribution >= 0.6 is 0 Å². The second-order valence-corrected chi connectivity index (χ2v) is 4.49. The number of nitrogens with zero attached hydrogens (tertiary/aromatic N) is 2. The van der Waals surface area contributed by atoms with Crippen LogP contribution in [0, 0.1) is 13.8 Å². The van der Waals surface area contributed by atoms with Crippen molar-refractivity contribution < 1.29 is 4.52 Å². The van der Waals surface area contributed by atoms with E-state index in [1.165, 1.54) is 0 Å². The van der Waals surface area contributed by atoms with E-state index in [-0.39, 0.29) is 0 Å². The maximum Gasteiger partial charge on any atom is 0.138 e. The zero-order valence-corrected chi connectivity index (χ0v) is 11.7. The van der Waals surface area contributed by atoms with Gasteiger partial charge in [0.2, 0.25) is 0 Å². The summed E-state index contributed by atoms with van der Waals surface area (Å²) < 4.78 is 5.14. The van der Waals surface area contributed by atoms with Crippen LogP contribution in [0.1, 0.15) is 30.4 Å². The molecule has 0 aliphatic rings. The van der Waals surface area contributed by atoms with E-state index >= 15 is 0 Å². The molecule has 2 N–H and O–H groups in total. The third kappa shape index (κ3) is 3.47. The zero-order chi connectivity index (χ0) is 13.7. The number of aromatic nitrogens is 2. The van der Waals surface area contributed by atoms with Crippen molar-refractivity contribution in [1.29, 1.82) is 0 Å². The third-order valence-corrected chi connectivity index (χ3v) is 2.93. The quantitative estimate of drug-likeness (QED) is 0.835. The molecule has 5 nitrogen and oxygen atoms in total. The lowest BCUT2D eigenvalue weighted by Crippen LogP contribution is -2.06. The summed E-state index contributed by atoms with van der Waals surface area (Å²) in [7, 11) is 0. The van der Waals surface area contributed by atoms with E-state index in [2.05, 4.69) is 27.7 Å². The highest BCUT2D eigenvalue weighted by Crippen LogP contribution is 2.15. The Morgan fingerprint density at radius 3 is 2.53 bits per heavy atom. The first kappa shape index (κ1) is 13.4. The van der Waals surface area contributed by atoms with Gasteiger partial charge in [-0.05, 0) is 32.4 Å². The van der Waals surface area contributed by atoms with Crippen molar-refractivity contribution in [3.05, 3.63) is 35.2 Å². The van der Waals surface area contributed by atoms with Gasteiger partial charge in [0.05, 0.1) is 5.69 Å². The SMILES string of the molecule is CCCNc1cccc(NCc2c(C)noc2C)n1. The van der Waals surface area contributed by atoms with Crippen molar-refractivity contribution in [2.24, 2.45) is 0 Å². The summed E-state index contributed by atoms with van der Waals surface area (Å²) in [6, 6.07) is 5.91. The van der Waals surface area contributed by atoms with E-state index in [0.29, 0.717) is 6.54 Å². The van der Waals surface area contributed by atoms with E-state index in [9.17, 15) is 0 Å². The second-order valence-electron chi connectivity index (χ2n) is 4.49. The van der Waals surface area contributed by atoms with E-state index < -0.39 is 0 Å². The first-order valence-corrected chi connectivity index (χ1v) is 6.57. The molecule has 19 heavy (non-hydrogen) atoms. The summed E-state index contributed by atoms with van der Waals surface area (Å²) in [6.07, 6.45) is 1.08. The molecule has 0 saturated carbocycles. The van der Waals surface area contributed by atoms with Crippen LogP contribution in [0.3, 0.4) is 0 Å². The predicted molar refractivity (Wildman–Crippen MR) is 76.3 cm³/mol. The van der Waals surface area contributed by atoms with Crippen LogP contribution in [0.5, 0.6) is 0 Å². The maximum absolute atomic E-state index is 5.14. The molecule has 0 unspecified atom stereocenters. The van der Waals surface area contributed by atoms with Gasteiger partial charge in [-0.1, -0.05) is 18.1 Å². The predicted octanol–water partition coefficient (Wildman–Crippen LogP) is 3.12. The molecule has 0 saturated heterocycles. The molecular weight excluding hydrogens is 240 g/mol. The highest BCUT2D eigenvalue weighted by Gasteiger charge is 2.08. The second kappa shape index (κ2) is 6.22. The summed E-state index contributed by atoms with van der Waals surface area (Å²) >= 11 is 0. The summed E-state index contributed by atoms with van der Waals surface area (Å²) in [5, 5.41) is 10.5. The Morgan fingerprint density at radius 2 is 1.89 bits per heavy atom. The van der Waals surface area contributed by atoms with Crippen molar-refractivity contribution in [3.8, 4) is 0 Å². The largest absolute Gasteiger partial charge is 0.370 e. The molecular formula is C14H20N4O. The minimum Gasteiger partial charge on any atom is -0.370 e. The lowest BCUT2D eigenvalue weighted by Gasteiger charge is -2.08. The molecule has 5 heteroatoms. The molecule has 2 heterocycles. The molecule has 2 rings (SSSR count). The van der Waals surface area contributed by atoms with Crippen molar-refractivity contribution >= 4 is 11.6 Å². The summed E-state index contributed by atoms with van der Waals surface area (Å²) in [5.41, 5.74) is 2.01. The van der Waals surface area contributed by atoms with Gasteiger partial charge in [0, 0.05) is 18.7 Å². The first-order valence-electron chi connectivity index (χ1n) is 6.57. The van der Waals surface area contributed by atoms with Gasteiger partial charge in [0.15, 0.2) is 0 Å². The number of anilines is 2. The Bertz CT molecular complexity index is 516. The van der Waals surface area contributed by atoms with Crippen LogP contribution in [-0.2, 0) is 6.54 Å². The van der Waals surface area contributed by atoms with Crippen LogP contribution in [-0.4, -0.2) is 16.7 Å². The summed E-state index contributed by atoms with van der Waals surface area (Å²) in [6.45, 7) is 7.60. The highest BCUT2D eigenvalue weighted by molar-refractivity contribution is 5.45. The van der Waals surface area contributed by atoms with E-state index in [1.54, 1.807) is 0 Å². The lowest BCUT2D eigenvalue weighted by molar-refractivity contribution is 0.392. The number of hydrogen-bond donors (Lipinski definition) is 2. The average Bonchev–Trinajstić information content (AvgIpc) is 2.74. The fourth-order valence-corrected chi connectivity index (χ4v) is 1.82. The monoisotopic (exact) mass is 260 g/mol. The van der Waals surface area contributed by atoms with E-state index in [0.717, 1.165) is 41.6 Å². The topological polar surface area (TPSA) is 63.0 Å². The Kier molecular flexibility index (Phi) is 4.39. The standard InChI is InChI=1S/C14H20N4O/c1-4-8-15-13-6-5-7-14(17-13)16-9-12-10(2)18-19-11(12)3/h5-7H,4,8-9H2,1-3H3,(H2,15,16,17). The molecule has 0 radical (unpaired) electrons. The number of pyridine rings is 1. The van der Waals surface area contributed by atoms with Crippen molar-refractivity contribution in [1.82, 2.24) is 10.1 Å². The fraction of sp³-hybridized carbons (Fsp3) is 0.429. The molecule has 0 atom stereocenters. The molecule has 2 aromatic rings. The van der Waals surface area contributed by atoms with Crippen molar-refractivity contribution in [2.75, 3.05) is 17.2 Å². The van der Waals surface area contributed by atoms with Crippen LogP contribution < -0.4 is 10.6 Å². The van der Waals surface area contributed by atoms with E-state index in [1.807, 2.05) is 32.0 Å². The summed E-state index contributed by atoms with van der Waals surface area (Å²) in [4.78, 5) is 4.50. The van der Waals surface area contributed by atoms with Gasteiger partial charge < -0.3 is 15.2 Å². The minimum atomic E-state index is 0.672. The van der Waals surface area contributed by atoms with Gasteiger partial charge in [-0.3, -0.25) is 0 Å². The van der Waals surface area contributed by atoms with Gasteiger partial charge in [0.1, 0.15) is 17.4 Å². The fourth-order valence-electron chi connectivity index (χ4n) is 1.82. The third-order valence-electron chi connectivity index (χ3n) is 2.93. The Labute approximate surface area is 113 Å². The molecule has 0 bridgehead atoms. The Morgan fingerprint density at radius 1 is 1.16 bits per heavy atom. The van der Waals surface area contributed by atoms with Crippen molar-refractivity contribution in [2.45, 2.75) is 33.7 Å². The van der Waals surface area contributed by atoms with Gasteiger partial charge in [-0.25, -0.2) is 4.98 Å². The van der Waals surface area contributed by atoms with Crippen LogP contribution in [0.25, 0.3) is 0 Å².